The summed E-state index contributed by atoms with van der Waals surface area (Å²) in [6.45, 7) is 6.63. The first-order valence-corrected chi connectivity index (χ1v) is 12.9. The third kappa shape index (κ3) is 6.68. The number of rotatable bonds is 7. The zero-order chi connectivity index (χ0) is 27.9. The highest BCUT2D eigenvalue weighted by atomic mass is 32.1. The van der Waals surface area contributed by atoms with Crippen LogP contribution < -0.4 is 20.3 Å². The monoisotopic (exact) mass is 547 g/mol. The number of amides is 2. The molecule has 1 heterocycles. The number of piperazine rings is 1. The minimum absolute atomic E-state index is 0.0581. The van der Waals surface area contributed by atoms with Crippen molar-refractivity contribution in [2.24, 2.45) is 0 Å². The second kappa shape index (κ2) is 12.4. The first-order valence-electron chi connectivity index (χ1n) is 12.5. The predicted molar refractivity (Wildman–Crippen MR) is 154 cm³/mol. The Morgan fingerprint density at radius 2 is 1.72 bits per heavy atom. The highest BCUT2D eigenvalue weighted by molar-refractivity contribution is 7.80. The molecule has 0 spiro atoms. The zero-order valence-electron chi connectivity index (χ0n) is 21.7. The van der Waals surface area contributed by atoms with Gasteiger partial charge in [-0.25, -0.2) is 0 Å². The fourth-order valence-corrected chi connectivity index (χ4v) is 4.53. The van der Waals surface area contributed by atoms with E-state index in [1.54, 1.807) is 6.92 Å². The van der Waals surface area contributed by atoms with Crippen LogP contribution in [0.3, 0.4) is 0 Å². The molecule has 1 saturated heterocycles. The molecule has 0 unspecified atom stereocenters. The summed E-state index contributed by atoms with van der Waals surface area (Å²) < 4.78 is 5.25. The maximum atomic E-state index is 12.9. The van der Waals surface area contributed by atoms with Crippen LogP contribution in [0.25, 0.3) is 0 Å². The molecule has 1 aliphatic heterocycles. The van der Waals surface area contributed by atoms with Crippen LogP contribution in [0, 0.1) is 17.0 Å². The van der Waals surface area contributed by atoms with Crippen molar-refractivity contribution in [3.8, 4) is 5.75 Å². The van der Waals surface area contributed by atoms with Crippen LogP contribution in [0.4, 0.5) is 17.1 Å². The van der Waals surface area contributed by atoms with E-state index in [-0.39, 0.29) is 34.6 Å². The Labute approximate surface area is 231 Å². The Hall–Kier alpha value is -4.51. The number of hydrogen-bond donors (Lipinski definition) is 2. The molecular weight excluding hydrogens is 518 g/mol. The summed E-state index contributed by atoms with van der Waals surface area (Å²) in [5.41, 5.74) is 3.20. The highest BCUT2D eigenvalue weighted by Crippen LogP contribution is 2.28. The van der Waals surface area contributed by atoms with Crippen molar-refractivity contribution in [3.63, 3.8) is 0 Å². The lowest BCUT2D eigenvalue weighted by atomic mass is 10.1. The Morgan fingerprint density at radius 3 is 2.36 bits per heavy atom. The van der Waals surface area contributed by atoms with Gasteiger partial charge in [-0.2, -0.15) is 0 Å². The van der Waals surface area contributed by atoms with Crippen molar-refractivity contribution >= 4 is 46.2 Å². The normalized spacial score (nSPS) is 13.0. The van der Waals surface area contributed by atoms with Crippen molar-refractivity contribution in [2.45, 2.75) is 13.8 Å². The molecule has 1 fully saturated rings. The van der Waals surface area contributed by atoms with Crippen LogP contribution in [-0.4, -0.2) is 59.5 Å². The number of carbonyl (C=O) groups is 2. The summed E-state index contributed by atoms with van der Waals surface area (Å²) in [5.74, 6) is -0.421. The maximum Gasteiger partial charge on any atom is 0.311 e. The van der Waals surface area contributed by atoms with E-state index in [0.29, 0.717) is 31.9 Å². The van der Waals surface area contributed by atoms with Crippen LogP contribution in [0.1, 0.15) is 33.2 Å². The molecule has 11 heteroatoms. The van der Waals surface area contributed by atoms with E-state index in [1.807, 2.05) is 60.4 Å². The summed E-state index contributed by atoms with van der Waals surface area (Å²) in [7, 11) is 0. The minimum Gasteiger partial charge on any atom is -0.487 e. The molecule has 4 rings (SSSR count). The van der Waals surface area contributed by atoms with Crippen LogP contribution in [-0.2, 0) is 0 Å². The van der Waals surface area contributed by atoms with Gasteiger partial charge in [0.25, 0.3) is 11.8 Å². The van der Waals surface area contributed by atoms with E-state index in [1.165, 1.54) is 12.1 Å². The van der Waals surface area contributed by atoms with Gasteiger partial charge in [-0.15, -0.1) is 0 Å². The molecule has 10 nitrogen and oxygen atoms in total. The Kier molecular flexibility index (Phi) is 8.72. The number of nitro benzene ring substituents is 1. The molecule has 202 valence electrons. The van der Waals surface area contributed by atoms with Gasteiger partial charge in [0.1, 0.15) is 0 Å². The van der Waals surface area contributed by atoms with E-state index < -0.39 is 10.8 Å². The van der Waals surface area contributed by atoms with Gasteiger partial charge in [-0.05, 0) is 74.1 Å². The summed E-state index contributed by atoms with van der Waals surface area (Å²) in [6, 6.07) is 19.2. The standard InChI is InChI=1S/C28H29N5O5S/c1-3-38-25-13-8-20(18-24(25)33(36)37)26(34)30-28(39)29-21-9-11-22(12-10-21)31-14-16-32(17-15-31)27(35)23-7-5-4-6-19(23)2/h4-13,18H,3,14-17H2,1-2H3,(H2,29,30,34,39). The second-order valence-corrected chi connectivity index (χ2v) is 9.33. The van der Waals surface area contributed by atoms with Gasteiger partial charge in [0, 0.05) is 54.7 Å². The number of benzene rings is 3. The number of nitrogens with one attached hydrogen (secondary N) is 2. The lowest BCUT2D eigenvalue weighted by Gasteiger charge is -2.36. The van der Waals surface area contributed by atoms with Crippen LogP contribution in [0.5, 0.6) is 5.75 Å². The lowest BCUT2D eigenvalue weighted by Crippen LogP contribution is -2.48. The predicted octanol–water partition coefficient (Wildman–Crippen LogP) is 4.39. The number of aryl methyl sites for hydroxylation is 1. The Balaban J connectivity index is 1.30. The molecule has 1 aliphatic rings. The van der Waals surface area contributed by atoms with Gasteiger partial charge >= 0.3 is 5.69 Å². The third-order valence-corrected chi connectivity index (χ3v) is 6.58. The van der Waals surface area contributed by atoms with Gasteiger partial charge in [-0.1, -0.05) is 18.2 Å². The molecule has 3 aromatic carbocycles. The van der Waals surface area contributed by atoms with E-state index >= 15 is 0 Å². The van der Waals surface area contributed by atoms with Gasteiger partial charge < -0.3 is 19.9 Å². The summed E-state index contributed by atoms with van der Waals surface area (Å²) in [5, 5.41) is 16.9. The van der Waals surface area contributed by atoms with Crippen LogP contribution in [0.2, 0.25) is 0 Å². The number of thiocarbonyl (C=S) groups is 1. The van der Waals surface area contributed by atoms with Gasteiger partial charge in [0.05, 0.1) is 11.5 Å². The second-order valence-electron chi connectivity index (χ2n) is 8.92. The molecule has 39 heavy (non-hydrogen) atoms. The molecule has 2 N–H and O–H groups in total. The molecule has 0 atom stereocenters. The molecule has 3 aromatic rings. The molecule has 0 aliphatic carbocycles. The van der Waals surface area contributed by atoms with E-state index in [4.69, 9.17) is 17.0 Å². The average Bonchev–Trinajstić information content (AvgIpc) is 2.93. The van der Waals surface area contributed by atoms with Crippen molar-refractivity contribution in [3.05, 3.63) is 93.5 Å². The summed E-state index contributed by atoms with van der Waals surface area (Å²) in [4.78, 5) is 40.3. The zero-order valence-corrected chi connectivity index (χ0v) is 22.5. The summed E-state index contributed by atoms with van der Waals surface area (Å²) in [6.07, 6.45) is 0. The van der Waals surface area contributed by atoms with Crippen molar-refractivity contribution in [1.29, 1.82) is 0 Å². The van der Waals surface area contributed by atoms with E-state index in [2.05, 4.69) is 15.5 Å². The molecule has 0 radical (unpaired) electrons. The fourth-order valence-electron chi connectivity index (χ4n) is 4.32. The number of hydrogen-bond acceptors (Lipinski definition) is 7. The quantitative estimate of drug-likeness (QED) is 0.254. The van der Waals surface area contributed by atoms with E-state index in [9.17, 15) is 19.7 Å². The smallest absolute Gasteiger partial charge is 0.311 e. The van der Waals surface area contributed by atoms with Crippen molar-refractivity contribution in [2.75, 3.05) is 43.0 Å². The fraction of sp³-hybridized carbons (Fsp3) is 0.250. The van der Waals surface area contributed by atoms with Gasteiger partial charge in [0.15, 0.2) is 10.9 Å². The number of ether oxygens (including phenoxy) is 1. The first kappa shape index (κ1) is 27.5. The first-order chi connectivity index (χ1) is 18.8. The Bertz CT molecular complexity index is 1390. The van der Waals surface area contributed by atoms with Gasteiger partial charge in [-0.3, -0.25) is 25.0 Å². The third-order valence-electron chi connectivity index (χ3n) is 6.38. The van der Waals surface area contributed by atoms with Gasteiger partial charge in [0.2, 0.25) is 0 Å². The average molecular weight is 548 g/mol. The van der Waals surface area contributed by atoms with Crippen molar-refractivity contribution in [1.82, 2.24) is 10.2 Å². The molecule has 0 saturated carbocycles. The van der Waals surface area contributed by atoms with Crippen LogP contribution in [0.15, 0.2) is 66.7 Å². The maximum absolute atomic E-state index is 12.9. The largest absolute Gasteiger partial charge is 0.487 e. The minimum atomic E-state index is -0.595. The van der Waals surface area contributed by atoms with E-state index in [0.717, 1.165) is 22.9 Å². The van der Waals surface area contributed by atoms with Crippen LogP contribution >= 0.6 is 12.2 Å². The Morgan fingerprint density at radius 1 is 1.03 bits per heavy atom. The topological polar surface area (TPSA) is 117 Å². The summed E-state index contributed by atoms with van der Waals surface area (Å²) >= 11 is 5.26. The SMILES string of the molecule is CCOc1ccc(C(=O)NC(=S)Nc2ccc(N3CCN(C(=O)c4ccccc4C)CC3)cc2)cc1[N+](=O)[O-]. The molecule has 0 bridgehead atoms. The van der Waals surface area contributed by atoms with Crippen molar-refractivity contribution < 1.29 is 19.2 Å². The number of nitrogens with zero attached hydrogens (tertiary/aromatic N) is 3. The highest BCUT2D eigenvalue weighted by Gasteiger charge is 2.23. The number of anilines is 2. The number of nitro groups is 1. The molecule has 0 aromatic heterocycles. The number of carbonyl (C=O) groups excluding carboxylic acids is 2. The molecular formula is C28H29N5O5S. The lowest BCUT2D eigenvalue weighted by molar-refractivity contribution is -0.385. The molecule has 2 amide bonds.